The molecule has 0 saturated heterocycles. The number of nitrogens with zero attached hydrogens (tertiary/aromatic N) is 1. The summed E-state index contributed by atoms with van der Waals surface area (Å²) in [7, 11) is 0. The number of halogens is 1. The summed E-state index contributed by atoms with van der Waals surface area (Å²) in [4.78, 5) is 5.97. The van der Waals surface area contributed by atoms with Crippen LogP contribution < -0.4 is 11.1 Å². The predicted molar refractivity (Wildman–Crippen MR) is 88.9 cm³/mol. The Bertz CT molecular complexity index is 610. The van der Waals surface area contributed by atoms with Crippen LogP contribution in [0.3, 0.4) is 0 Å². The summed E-state index contributed by atoms with van der Waals surface area (Å²) in [5.41, 5.74) is 7.52. The molecular formula is C13H14BrN3S2. The van der Waals surface area contributed by atoms with Crippen molar-refractivity contribution in [2.75, 3.05) is 5.32 Å². The van der Waals surface area contributed by atoms with Crippen LogP contribution in [0.15, 0.2) is 28.9 Å². The number of aryl methyl sites for hydroxylation is 1. The summed E-state index contributed by atoms with van der Waals surface area (Å²) in [6.07, 6.45) is 1.88. The molecule has 1 heterocycles. The minimum absolute atomic E-state index is 0.118. The van der Waals surface area contributed by atoms with E-state index in [-0.39, 0.29) is 6.04 Å². The average Bonchev–Trinajstić information content (AvgIpc) is 2.78. The molecule has 19 heavy (non-hydrogen) atoms. The standard InChI is InChI=1S/C13H14BrN3S2/c1-7-6-16-13(19-7)8(2)17-11-4-3-9(14)5-10(11)12(15)18/h3-6,8,17H,1-2H3,(H2,15,18). The van der Waals surface area contributed by atoms with Crippen LogP contribution in [-0.4, -0.2) is 9.97 Å². The number of hydrogen-bond donors (Lipinski definition) is 2. The second kappa shape index (κ2) is 5.98. The first kappa shape index (κ1) is 14.4. The van der Waals surface area contributed by atoms with Gasteiger partial charge in [0, 0.05) is 26.8 Å². The molecule has 0 radical (unpaired) electrons. The molecule has 1 unspecified atom stereocenters. The van der Waals surface area contributed by atoms with E-state index in [9.17, 15) is 0 Å². The molecular weight excluding hydrogens is 342 g/mol. The molecule has 0 amide bonds. The summed E-state index contributed by atoms with van der Waals surface area (Å²) in [6.45, 7) is 4.12. The molecule has 1 aromatic carbocycles. The molecule has 2 rings (SSSR count). The van der Waals surface area contributed by atoms with Crippen molar-refractivity contribution < 1.29 is 0 Å². The van der Waals surface area contributed by atoms with Crippen molar-refractivity contribution in [3.8, 4) is 0 Å². The first-order valence-electron chi connectivity index (χ1n) is 5.75. The number of thiazole rings is 1. The Morgan fingerprint density at radius 2 is 2.26 bits per heavy atom. The highest BCUT2D eigenvalue weighted by Crippen LogP contribution is 2.27. The van der Waals surface area contributed by atoms with Crippen molar-refractivity contribution in [1.82, 2.24) is 4.98 Å². The summed E-state index contributed by atoms with van der Waals surface area (Å²) in [5, 5.41) is 4.46. The van der Waals surface area contributed by atoms with Crippen LogP contribution >= 0.6 is 39.5 Å². The molecule has 1 aromatic heterocycles. The number of hydrogen-bond acceptors (Lipinski definition) is 4. The maximum atomic E-state index is 5.76. The van der Waals surface area contributed by atoms with Gasteiger partial charge in [0.15, 0.2) is 0 Å². The fraction of sp³-hybridized carbons (Fsp3) is 0.231. The molecule has 0 aliphatic carbocycles. The fourth-order valence-electron chi connectivity index (χ4n) is 1.71. The van der Waals surface area contributed by atoms with Crippen molar-refractivity contribution in [2.45, 2.75) is 19.9 Å². The Morgan fingerprint density at radius 1 is 1.53 bits per heavy atom. The second-order valence-electron chi connectivity index (χ2n) is 4.23. The van der Waals surface area contributed by atoms with Crippen LogP contribution in [0.1, 0.15) is 28.4 Å². The molecule has 2 aromatic rings. The molecule has 0 aliphatic rings. The lowest BCUT2D eigenvalue weighted by atomic mass is 10.1. The Morgan fingerprint density at radius 3 is 2.84 bits per heavy atom. The molecule has 0 aliphatic heterocycles. The van der Waals surface area contributed by atoms with Crippen molar-refractivity contribution in [2.24, 2.45) is 5.73 Å². The lowest BCUT2D eigenvalue weighted by Gasteiger charge is -2.16. The van der Waals surface area contributed by atoms with E-state index in [1.807, 2.05) is 31.3 Å². The van der Waals surface area contributed by atoms with E-state index in [0.717, 1.165) is 20.7 Å². The van der Waals surface area contributed by atoms with Crippen molar-refractivity contribution in [3.05, 3.63) is 44.3 Å². The van der Waals surface area contributed by atoms with Gasteiger partial charge in [0.25, 0.3) is 0 Å². The van der Waals surface area contributed by atoms with Crippen LogP contribution in [-0.2, 0) is 0 Å². The van der Waals surface area contributed by atoms with Crippen LogP contribution in [0.5, 0.6) is 0 Å². The van der Waals surface area contributed by atoms with Gasteiger partial charge in [-0.3, -0.25) is 0 Å². The number of nitrogens with two attached hydrogens (primary N) is 1. The highest BCUT2D eigenvalue weighted by Gasteiger charge is 2.12. The number of benzene rings is 1. The zero-order valence-corrected chi connectivity index (χ0v) is 13.8. The van der Waals surface area contributed by atoms with E-state index in [0.29, 0.717) is 4.99 Å². The van der Waals surface area contributed by atoms with Gasteiger partial charge in [-0.1, -0.05) is 28.1 Å². The third-order valence-corrected chi connectivity index (χ3v) is 4.44. The molecule has 100 valence electrons. The van der Waals surface area contributed by atoms with Crippen LogP contribution in [0, 0.1) is 6.92 Å². The van der Waals surface area contributed by atoms with Gasteiger partial charge >= 0.3 is 0 Å². The minimum Gasteiger partial charge on any atom is -0.389 e. The summed E-state index contributed by atoms with van der Waals surface area (Å²) in [6, 6.07) is 5.97. The van der Waals surface area contributed by atoms with Gasteiger partial charge in [0.05, 0.1) is 6.04 Å². The molecule has 0 spiro atoms. The normalized spacial score (nSPS) is 12.2. The van der Waals surface area contributed by atoms with Crippen molar-refractivity contribution >= 4 is 50.2 Å². The van der Waals surface area contributed by atoms with Gasteiger partial charge < -0.3 is 11.1 Å². The summed E-state index contributed by atoms with van der Waals surface area (Å²) < 4.78 is 0.957. The minimum atomic E-state index is 0.118. The molecule has 0 bridgehead atoms. The third kappa shape index (κ3) is 3.52. The Balaban J connectivity index is 2.26. The maximum Gasteiger partial charge on any atom is 0.115 e. The van der Waals surface area contributed by atoms with Gasteiger partial charge in [0.2, 0.25) is 0 Å². The number of rotatable bonds is 4. The van der Waals surface area contributed by atoms with Crippen LogP contribution in [0.2, 0.25) is 0 Å². The topological polar surface area (TPSA) is 50.9 Å². The van der Waals surface area contributed by atoms with E-state index in [1.165, 1.54) is 4.88 Å². The molecule has 3 N–H and O–H groups in total. The Kier molecular flexibility index (Phi) is 4.54. The largest absolute Gasteiger partial charge is 0.389 e. The first-order chi connectivity index (χ1) is 8.97. The highest BCUT2D eigenvalue weighted by atomic mass is 79.9. The smallest absolute Gasteiger partial charge is 0.115 e. The van der Waals surface area contributed by atoms with Gasteiger partial charge in [-0.05, 0) is 32.0 Å². The molecule has 0 fully saturated rings. The molecule has 0 saturated carbocycles. The number of thiocarbonyl (C=S) groups is 1. The zero-order valence-electron chi connectivity index (χ0n) is 10.6. The van der Waals surface area contributed by atoms with E-state index in [2.05, 4.69) is 33.2 Å². The van der Waals surface area contributed by atoms with Gasteiger partial charge in [-0.25, -0.2) is 4.98 Å². The van der Waals surface area contributed by atoms with Gasteiger partial charge in [-0.15, -0.1) is 11.3 Å². The van der Waals surface area contributed by atoms with E-state index in [4.69, 9.17) is 18.0 Å². The first-order valence-corrected chi connectivity index (χ1v) is 7.77. The van der Waals surface area contributed by atoms with Gasteiger partial charge in [0.1, 0.15) is 10.00 Å². The number of anilines is 1. The lowest BCUT2D eigenvalue weighted by Crippen LogP contribution is -2.15. The van der Waals surface area contributed by atoms with Crippen molar-refractivity contribution in [1.29, 1.82) is 0 Å². The number of aromatic nitrogens is 1. The van der Waals surface area contributed by atoms with Gasteiger partial charge in [-0.2, -0.15) is 0 Å². The summed E-state index contributed by atoms with van der Waals surface area (Å²) >= 11 is 10.2. The van der Waals surface area contributed by atoms with E-state index in [1.54, 1.807) is 11.3 Å². The molecule has 3 nitrogen and oxygen atoms in total. The van der Waals surface area contributed by atoms with E-state index >= 15 is 0 Å². The lowest BCUT2D eigenvalue weighted by molar-refractivity contribution is 0.869. The quantitative estimate of drug-likeness (QED) is 0.813. The fourth-order valence-corrected chi connectivity index (χ4v) is 3.02. The molecule has 1 atom stereocenters. The maximum absolute atomic E-state index is 5.76. The highest BCUT2D eigenvalue weighted by molar-refractivity contribution is 9.10. The van der Waals surface area contributed by atoms with Crippen molar-refractivity contribution in [3.63, 3.8) is 0 Å². The second-order valence-corrected chi connectivity index (χ2v) is 6.85. The Labute approximate surface area is 130 Å². The third-order valence-electron chi connectivity index (χ3n) is 2.63. The zero-order chi connectivity index (χ0) is 14.0. The Hall–Kier alpha value is -0.980. The summed E-state index contributed by atoms with van der Waals surface area (Å²) in [5.74, 6) is 0. The SMILES string of the molecule is Cc1cnc(C(C)Nc2ccc(Br)cc2C(N)=S)s1. The van der Waals surface area contributed by atoms with E-state index < -0.39 is 0 Å². The number of nitrogens with one attached hydrogen (secondary N) is 1. The monoisotopic (exact) mass is 355 g/mol. The van der Waals surface area contributed by atoms with Crippen LogP contribution in [0.25, 0.3) is 0 Å². The molecule has 6 heteroatoms. The average molecular weight is 356 g/mol. The van der Waals surface area contributed by atoms with Crippen LogP contribution in [0.4, 0.5) is 5.69 Å². The predicted octanol–water partition coefficient (Wildman–Crippen LogP) is 4.02.